The van der Waals surface area contributed by atoms with Crippen LogP contribution in [0.15, 0.2) is 0 Å². The minimum Gasteiger partial charge on any atom is -0.382 e. The Morgan fingerprint density at radius 3 is 2.65 bits per heavy atom. The maximum Gasteiger partial charge on any atom is 0.311 e. The Kier molecular flexibility index (Phi) is 6.41. The summed E-state index contributed by atoms with van der Waals surface area (Å²) in [5.41, 5.74) is 0. The number of ether oxygens (including phenoxy) is 1. The van der Waals surface area contributed by atoms with Gasteiger partial charge in [0, 0.05) is 32.8 Å². The minimum atomic E-state index is -3.07. The van der Waals surface area contributed by atoms with Gasteiger partial charge in [-0.1, -0.05) is 0 Å². The zero-order chi connectivity index (χ0) is 15.2. The summed E-state index contributed by atoms with van der Waals surface area (Å²) in [6, 6.07) is -0.401. The molecule has 1 atom stereocenters. The largest absolute Gasteiger partial charge is 0.382 e. The third-order valence-corrected chi connectivity index (χ3v) is 4.98. The van der Waals surface area contributed by atoms with Crippen LogP contribution in [0.4, 0.5) is 0 Å². The van der Waals surface area contributed by atoms with Crippen molar-refractivity contribution in [3.05, 3.63) is 0 Å². The summed E-state index contributed by atoms with van der Waals surface area (Å²) in [7, 11) is -1.60. The van der Waals surface area contributed by atoms with E-state index in [-0.39, 0.29) is 11.5 Å². The summed E-state index contributed by atoms with van der Waals surface area (Å²) in [5.74, 6) is -1.38. The second-order valence-corrected chi connectivity index (χ2v) is 7.01. The van der Waals surface area contributed by atoms with Gasteiger partial charge in [-0.3, -0.25) is 9.59 Å². The Morgan fingerprint density at radius 1 is 1.40 bits per heavy atom. The van der Waals surface area contributed by atoms with Crippen LogP contribution in [-0.2, 0) is 24.2 Å². The second kappa shape index (κ2) is 7.58. The van der Waals surface area contributed by atoms with E-state index < -0.39 is 27.7 Å². The fourth-order valence-electron chi connectivity index (χ4n) is 2.00. The highest BCUT2D eigenvalue weighted by Gasteiger charge is 2.34. The molecule has 0 radical (unpaired) electrons. The molecule has 0 spiro atoms. The molecule has 0 aromatic carbocycles. The van der Waals surface area contributed by atoms with Crippen LogP contribution in [0.2, 0.25) is 0 Å². The molecule has 0 aliphatic carbocycles. The summed E-state index contributed by atoms with van der Waals surface area (Å²) in [4.78, 5) is 24.7. The van der Waals surface area contributed by atoms with Crippen molar-refractivity contribution in [2.24, 2.45) is 0 Å². The van der Waals surface area contributed by atoms with Gasteiger partial charge in [0.25, 0.3) is 0 Å². The quantitative estimate of drug-likeness (QED) is 0.511. The fourth-order valence-corrected chi connectivity index (χ4v) is 3.78. The monoisotopic (exact) mass is 306 g/mol. The third kappa shape index (κ3) is 5.09. The molecule has 2 amide bonds. The Balaban J connectivity index is 2.35. The van der Waals surface area contributed by atoms with Crippen molar-refractivity contribution in [2.45, 2.75) is 25.8 Å². The van der Waals surface area contributed by atoms with Crippen LogP contribution in [0.25, 0.3) is 0 Å². The molecule has 1 N–H and O–H groups in total. The first kappa shape index (κ1) is 16.9. The summed E-state index contributed by atoms with van der Waals surface area (Å²) >= 11 is 0. The molecule has 0 saturated carbocycles. The minimum absolute atomic E-state index is 0.0626. The van der Waals surface area contributed by atoms with Gasteiger partial charge >= 0.3 is 11.8 Å². The molecule has 0 aromatic rings. The van der Waals surface area contributed by atoms with Crippen LogP contribution in [0, 0.1) is 0 Å². The van der Waals surface area contributed by atoms with E-state index in [2.05, 4.69) is 5.32 Å². The van der Waals surface area contributed by atoms with Crippen LogP contribution < -0.4 is 5.32 Å². The Labute approximate surface area is 119 Å². The highest BCUT2D eigenvalue weighted by atomic mass is 32.2. The number of nitrogens with zero attached hydrogens (tertiary/aromatic N) is 1. The lowest BCUT2D eigenvalue weighted by atomic mass is 10.2. The highest BCUT2D eigenvalue weighted by molar-refractivity contribution is 7.91. The Hall–Kier alpha value is -1.15. The van der Waals surface area contributed by atoms with Gasteiger partial charge in [-0.05, 0) is 19.8 Å². The van der Waals surface area contributed by atoms with E-state index in [1.54, 1.807) is 0 Å². The van der Waals surface area contributed by atoms with Crippen molar-refractivity contribution in [2.75, 3.05) is 38.3 Å². The molecule has 116 valence electrons. The fraction of sp³-hybridized carbons (Fsp3) is 0.833. The summed E-state index contributed by atoms with van der Waals surface area (Å²) in [6.45, 7) is 3.39. The molecule has 1 heterocycles. The molecule has 1 aliphatic rings. The summed E-state index contributed by atoms with van der Waals surface area (Å²) < 4.78 is 27.8. The number of hydrogen-bond donors (Lipinski definition) is 1. The van der Waals surface area contributed by atoms with Crippen molar-refractivity contribution >= 4 is 21.7 Å². The van der Waals surface area contributed by atoms with E-state index in [4.69, 9.17) is 4.74 Å². The smallest absolute Gasteiger partial charge is 0.311 e. The number of amides is 2. The van der Waals surface area contributed by atoms with Crippen molar-refractivity contribution < 1.29 is 22.7 Å². The molecule has 0 aromatic heterocycles. The van der Waals surface area contributed by atoms with E-state index >= 15 is 0 Å². The third-order valence-electron chi connectivity index (χ3n) is 3.23. The van der Waals surface area contributed by atoms with Crippen LogP contribution >= 0.6 is 0 Å². The maximum atomic E-state index is 11.8. The molecule has 1 unspecified atom stereocenters. The van der Waals surface area contributed by atoms with Gasteiger partial charge in [-0.25, -0.2) is 8.42 Å². The normalized spacial score (nSPS) is 20.6. The van der Waals surface area contributed by atoms with Crippen LogP contribution in [0.1, 0.15) is 19.8 Å². The zero-order valence-electron chi connectivity index (χ0n) is 11.9. The van der Waals surface area contributed by atoms with Crippen molar-refractivity contribution in [3.63, 3.8) is 0 Å². The predicted molar refractivity (Wildman–Crippen MR) is 73.9 cm³/mol. The van der Waals surface area contributed by atoms with Gasteiger partial charge in [0.2, 0.25) is 0 Å². The Morgan fingerprint density at radius 2 is 2.10 bits per heavy atom. The topological polar surface area (TPSA) is 92.8 Å². The van der Waals surface area contributed by atoms with Gasteiger partial charge in [-0.2, -0.15) is 0 Å². The lowest BCUT2D eigenvalue weighted by Gasteiger charge is -2.22. The first-order valence-corrected chi connectivity index (χ1v) is 8.52. The van der Waals surface area contributed by atoms with Crippen LogP contribution in [0.3, 0.4) is 0 Å². The van der Waals surface area contributed by atoms with E-state index in [1.807, 2.05) is 6.92 Å². The first-order chi connectivity index (χ1) is 9.37. The number of likely N-dealkylation sites (N-methyl/N-ethyl adjacent to an activating group) is 1. The molecule has 20 heavy (non-hydrogen) atoms. The molecule has 7 nitrogen and oxygen atoms in total. The van der Waals surface area contributed by atoms with Gasteiger partial charge in [-0.15, -0.1) is 0 Å². The van der Waals surface area contributed by atoms with E-state index in [0.717, 1.165) is 0 Å². The molecule has 1 fully saturated rings. The number of nitrogens with one attached hydrogen (secondary N) is 1. The van der Waals surface area contributed by atoms with Crippen molar-refractivity contribution in [3.8, 4) is 0 Å². The van der Waals surface area contributed by atoms with E-state index in [1.165, 1.54) is 11.9 Å². The standard InChI is InChI=1S/C12H22N2O5S/c1-3-19-7-4-6-13-11(15)12(16)14(2)10-5-8-20(17,18)9-10/h10H,3-9H2,1-2H3,(H,13,15). The SMILES string of the molecule is CCOCCCNC(=O)C(=O)N(C)C1CCS(=O)(=O)C1. The molecule has 8 heteroatoms. The molecule has 1 rings (SSSR count). The molecule has 0 bridgehead atoms. The first-order valence-electron chi connectivity index (χ1n) is 6.70. The second-order valence-electron chi connectivity index (χ2n) is 4.78. The van der Waals surface area contributed by atoms with E-state index in [0.29, 0.717) is 32.6 Å². The number of carbonyl (C=O) groups is 2. The number of rotatable bonds is 6. The van der Waals surface area contributed by atoms with Crippen molar-refractivity contribution in [1.29, 1.82) is 0 Å². The number of sulfone groups is 1. The maximum absolute atomic E-state index is 11.8. The zero-order valence-corrected chi connectivity index (χ0v) is 12.7. The lowest BCUT2D eigenvalue weighted by Crippen LogP contribution is -2.46. The van der Waals surface area contributed by atoms with Gasteiger partial charge < -0.3 is 15.0 Å². The average Bonchev–Trinajstić information content (AvgIpc) is 2.77. The summed E-state index contributed by atoms with van der Waals surface area (Å²) in [5, 5.41) is 2.51. The summed E-state index contributed by atoms with van der Waals surface area (Å²) in [6.07, 6.45) is 1.02. The van der Waals surface area contributed by atoms with Crippen molar-refractivity contribution in [1.82, 2.24) is 10.2 Å². The predicted octanol–water partition coefficient (Wildman–Crippen LogP) is -0.825. The highest BCUT2D eigenvalue weighted by Crippen LogP contribution is 2.16. The average molecular weight is 306 g/mol. The molecular formula is C12H22N2O5S. The van der Waals surface area contributed by atoms with Crippen LogP contribution in [-0.4, -0.2) is 69.5 Å². The number of hydrogen-bond acceptors (Lipinski definition) is 5. The van der Waals surface area contributed by atoms with Crippen LogP contribution in [0.5, 0.6) is 0 Å². The van der Waals surface area contributed by atoms with Gasteiger partial charge in [0.15, 0.2) is 9.84 Å². The van der Waals surface area contributed by atoms with Gasteiger partial charge in [0.1, 0.15) is 0 Å². The van der Waals surface area contributed by atoms with E-state index in [9.17, 15) is 18.0 Å². The molecular weight excluding hydrogens is 284 g/mol. The lowest BCUT2D eigenvalue weighted by molar-refractivity contribution is -0.146. The number of carbonyl (C=O) groups excluding carboxylic acids is 2. The molecule has 1 saturated heterocycles. The Bertz CT molecular complexity index is 449. The van der Waals surface area contributed by atoms with Gasteiger partial charge in [0.05, 0.1) is 11.5 Å². The molecule has 1 aliphatic heterocycles.